The van der Waals surface area contributed by atoms with Crippen molar-refractivity contribution in [3.63, 3.8) is 0 Å². The van der Waals surface area contributed by atoms with Gasteiger partial charge in [0.05, 0.1) is 12.2 Å². The Morgan fingerprint density at radius 2 is 1.92 bits per heavy atom. The van der Waals surface area contributed by atoms with E-state index in [-0.39, 0.29) is 5.91 Å². The Labute approximate surface area is 147 Å². The third-order valence-corrected chi connectivity index (χ3v) is 3.17. The summed E-state index contributed by atoms with van der Waals surface area (Å²) in [6.07, 6.45) is 1.15. The first-order chi connectivity index (χ1) is 11.7. The zero-order chi connectivity index (χ0) is 18.4. The van der Waals surface area contributed by atoms with Gasteiger partial charge < -0.3 is 10.1 Å². The Morgan fingerprint density at radius 1 is 1.16 bits per heavy atom. The summed E-state index contributed by atoms with van der Waals surface area (Å²) in [6.45, 7) is 7.67. The largest absolute Gasteiger partial charge is 0.444 e. The third-order valence-electron chi connectivity index (χ3n) is 3.17. The Bertz CT molecular complexity index is 767. The van der Waals surface area contributed by atoms with E-state index in [1.807, 2.05) is 19.1 Å². The zero-order valence-electron chi connectivity index (χ0n) is 14.9. The van der Waals surface area contributed by atoms with Gasteiger partial charge in [-0.15, -0.1) is 0 Å². The molecule has 0 saturated carbocycles. The van der Waals surface area contributed by atoms with Gasteiger partial charge in [-0.3, -0.25) is 15.1 Å². The summed E-state index contributed by atoms with van der Waals surface area (Å²) < 4.78 is 5.20. The van der Waals surface area contributed by atoms with E-state index >= 15 is 0 Å². The minimum Gasteiger partial charge on any atom is -0.444 e. The molecule has 0 atom stereocenters. The van der Waals surface area contributed by atoms with Crippen LogP contribution in [-0.2, 0) is 11.3 Å². The van der Waals surface area contributed by atoms with Crippen LogP contribution in [0.25, 0.3) is 0 Å². The maximum absolute atomic E-state index is 12.3. The van der Waals surface area contributed by atoms with Gasteiger partial charge in [0.25, 0.3) is 5.91 Å². The number of carbonyl (C=O) groups excluding carboxylic acids is 2. The number of rotatable bonds is 4. The van der Waals surface area contributed by atoms with Gasteiger partial charge in [-0.05, 0) is 63.6 Å². The molecule has 0 spiro atoms. The van der Waals surface area contributed by atoms with E-state index in [0.717, 1.165) is 11.3 Å². The van der Waals surface area contributed by atoms with Crippen LogP contribution in [0.5, 0.6) is 0 Å². The number of carbonyl (C=O) groups is 2. The average molecular weight is 341 g/mol. The predicted octanol–water partition coefficient (Wildman–Crippen LogP) is 3.67. The van der Waals surface area contributed by atoms with E-state index in [0.29, 0.717) is 17.8 Å². The standard InChI is InChI=1S/C19H23N3O3/c1-13-8-9-20-16(10-13)12-21-17(23)14-6-5-7-15(11-14)22-18(24)25-19(2,3)4/h5-11H,12H2,1-4H3,(H,21,23)(H,22,24). The SMILES string of the molecule is Cc1ccnc(CNC(=O)c2cccc(NC(=O)OC(C)(C)C)c2)c1. The Balaban J connectivity index is 1.97. The van der Waals surface area contributed by atoms with E-state index in [4.69, 9.17) is 4.74 Å². The molecule has 0 aliphatic carbocycles. The maximum Gasteiger partial charge on any atom is 0.412 e. The molecule has 0 saturated heterocycles. The van der Waals surface area contributed by atoms with Crippen molar-refractivity contribution in [2.45, 2.75) is 39.8 Å². The smallest absolute Gasteiger partial charge is 0.412 e. The number of benzene rings is 1. The van der Waals surface area contributed by atoms with Crippen LogP contribution in [-0.4, -0.2) is 22.6 Å². The maximum atomic E-state index is 12.3. The van der Waals surface area contributed by atoms with Crippen LogP contribution >= 0.6 is 0 Å². The summed E-state index contributed by atoms with van der Waals surface area (Å²) in [4.78, 5) is 28.3. The molecule has 25 heavy (non-hydrogen) atoms. The molecule has 0 aliphatic rings. The summed E-state index contributed by atoms with van der Waals surface area (Å²) >= 11 is 0. The van der Waals surface area contributed by atoms with Gasteiger partial charge in [-0.25, -0.2) is 4.79 Å². The average Bonchev–Trinajstić information content (AvgIpc) is 2.51. The lowest BCUT2D eigenvalue weighted by atomic mass is 10.2. The molecule has 6 nitrogen and oxygen atoms in total. The van der Waals surface area contributed by atoms with Crippen molar-refractivity contribution < 1.29 is 14.3 Å². The molecule has 1 aromatic heterocycles. The van der Waals surface area contributed by atoms with Crippen LogP contribution in [0.1, 0.15) is 42.4 Å². The second kappa shape index (κ2) is 7.79. The fourth-order valence-electron chi connectivity index (χ4n) is 2.13. The zero-order valence-corrected chi connectivity index (χ0v) is 14.9. The van der Waals surface area contributed by atoms with Gasteiger partial charge in [0.1, 0.15) is 5.60 Å². The van der Waals surface area contributed by atoms with Crippen LogP contribution < -0.4 is 10.6 Å². The van der Waals surface area contributed by atoms with Crippen molar-refractivity contribution in [3.8, 4) is 0 Å². The van der Waals surface area contributed by atoms with Gasteiger partial charge in [0.2, 0.25) is 0 Å². The Hall–Kier alpha value is -2.89. The molecule has 0 fully saturated rings. The van der Waals surface area contributed by atoms with Crippen molar-refractivity contribution >= 4 is 17.7 Å². The number of hydrogen-bond donors (Lipinski definition) is 2. The first-order valence-corrected chi connectivity index (χ1v) is 8.03. The van der Waals surface area contributed by atoms with Crippen molar-refractivity contribution in [2.24, 2.45) is 0 Å². The fraction of sp³-hybridized carbons (Fsp3) is 0.316. The predicted molar refractivity (Wildman–Crippen MR) is 96.4 cm³/mol. The molecule has 0 unspecified atom stereocenters. The number of nitrogens with one attached hydrogen (secondary N) is 2. The van der Waals surface area contributed by atoms with Crippen molar-refractivity contribution in [1.82, 2.24) is 10.3 Å². The highest BCUT2D eigenvalue weighted by atomic mass is 16.6. The molecule has 2 N–H and O–H groups in total. The third kappa shape index (κ3) is 6.25. The summed E-state index contributed by atoms with van der Waals surface area (Å²) in [5.41, 5.74) is 2.23. The second-order valence-electron chi connectivity index (χ2n) is 6.71. The summed E-state index contributed by atoms with van der Waals surface area (Å²) in [6, 6.07) is 10.5. The fourth-order valence-corrected chi connectivity index (χ4v) is 2.13. The number of anilines is 1. The van der Waals surface area contributed by atoms with Crippen molar-refractivity contribution in [1.29, 1.82) is 0 Å². The molecular weight excluding hydrogens is 318 g/mol. The van der Waals surface area contributed by atoms with Crippen LogP contribution in [0.4, 0.5) is 10.5 Å². The Morgan fingerprint density at radius 3 is 2.60 bits per heavy atom. The number of aromatic nitrogens is 1. The lowest BCUT2D eigenvalue weighted by Crippen LogP contribution is -2.27. The number of nitrogens with zero attached hydrogens (tertiary/aromatic N) is 1. The highest BCUT2D eigenvalue weighted by Gasteiger charge is 2.16. The lowest BCUT2D eigenvalue weighted by Gasteiger charge is -2.19. The van der Waals surface area contributed by atoms with E-state index in [1.165, 1.54) is 0 Å². The first-order valence-electron chi connectivity index (χ1n) is 8.03. The van der Waals surface area contributed by atoms with Crippen LogP contribution in [0.2, 0.25) is 0 Å². The molecule has 6 heteroatoms. The lowest BCUT2D eigenvalue weighted by molar-refractivity contribution is 0.0635. The topological polar surface area (TPSA) is 80.3 Å². The van der Waals surface area contributed by atoms with Crippen LogP contribution in [0, 0.1) is 6.92 Å². The number of aryl methyl sites for hydroxylation is 1. The molecule has 2 amide bonds. The van der Waals surface area contributed by atoms with Crippen molar-refractivity contribution in [3.05, 3.63) is 59.4 Å². The van der Waals surface area contributed by atoms with Gasteiger partial charge in [-0.2, -0.15) is 0 Å². The molecule has 2 rings (SSSR count). The van der Waals surface area contributed by atoms with Gasteiger partial charge in [-0.1, -0.05) is 6.07 Å². The van der Waals surface area contributed by atoms with Gasteiger partial charge in [0.15, 0.2) is 0 Å². The van der Waals surface area contributed by atoms with E-state index in [1.54, 1.807) is 51.2 Å². The van der Waals surface area contributed by atoms with Crippen LogP contribution in [0.3, 0.4) is 0 Å². The number of amides is 2. The summed E-state index contributed by atoms with van der Waals surface area (Å²) in [5, 5.41) is 5.44. The van der Waals surface area contributed by atoms with Crippen LogP contribution in [0.15, 0.2) is 42.6 Å². The molecular formula is C19H23N3O3. The minimum atomic E-state index is -0.583. The van der Waals surface area contributed by atoms with E-state index < -0.39 is 11.7 Å². The monoisotopic (exact) mass is 341 g/mol. The highest BCUT2D eigenvalue weighted by molar-refractivity contribution is 5.96. The number of hydrogen-bond acceptors (Lipinski definition) is 4. The van der Waals surface area contributed by atoms with E-state index in [2.05, 4.69) is 15.6 Å². The minimum absolute atomic E-state index is 0.240. The molecule has 2 aromatic rings. The van der Waals surface area contributed by atoms with Crippen molar-refractivity contribution in [2.75, 3.05) is 5.32 Å². The Kier molecular flexibility index (Phi) is 5.75. The quantitative estimate of drug-likeness (QED) is 0.889. The number of ether oxygens (including phenoxy) is 1. The molecule has 132 valence electrons. The molecule has 0 radical (unpaired) electrons. The molecule has 1 heterocycles. The molecule has 1 aromatic carbocycles. The summed E-state index contributed by atoms with van der Waals surface area (Å²) in [5.74, 6) is -0.240. The first kappa shape index (κ1) is 18.4. The molecule has 0 aliphatic heterocycles. The van der Waals surface area contributed by atoms with Gasteiger partial charge in [0, 0.05) is 17.4 Å². The second-order valence-corrected chi connectivity index (χ2v) is 6.71. The highest BCUT2D eigenvalue weighted by Crippen LogP contribution is 2.14. The van der Waals surface area contributed by atoms with E-state index in [9.17, 15) is 9.59 Å². The normalized spacial score (nSPS) is 10.9. The summed E-state index contributed by atoms with van der Waals surface area (Å²) in [7, 11) is 0. The molecule has 0 bridgehead atoms. The number of pyridine rings is 1. The van der Waals surface area contributed by atoms with Gasteiger partial charge >= 0.3 is 6.09 Å².